The molecule has 10 heteroatoms. The van der Waals surface area contributed by atoms with Crippen molar-refractivity contribution < 1.29 is 27.1 Å². The maximum atomic E-state index is 14.5. The molecular formula is C33H38FN3O5S. The predicted octanol–water partition coefficient (Wildman–Crippen LogP) is 6.09. The first kappa shape index (κ1) is 30.7. The summed E-state index contributed by atoms with van der Waals surface area (Å²) >= 11 is 0. The highest BCUT2D eigenvalue weighted by Crippen LogP contribution is 2.43. The van der Waals surface area contributed by atoms with E-state index in [0.717, 1.165) is 5.56 Å². The molecule has 1 saturated heterocycles. The number of carbonyl (C=O) groups is 1. The fraction of sp³-hybridized carbons (Fsp3) is 0.394. The molecule has 1 aromatic heterocycles. The molecule has 3 aromatic carbocycles. The quantitative estimate of drug-likeness (QED) is 0.203. The van der Waals surface area contributed by atoms with Gasteiger partial charge in [0.25, 0.3) is 0 Å². The van der Waals surface area contributed by atoms with Crippen molar-refractivity contribution in [1.82, 2.24) is 14.1 Å². The first-order valence-corrected chi connectivity index (χ1v) is 16.0. The van der Waals surface area contributed by atoms with Crippen LogP contribution < -0.4 is 4.74 Å². The van der Waals surface area contributed by atoms with Gasteiger partial charge in [-0.2, -0.15) is 9.40 Å². The molecule has 0 amide bonds. The van der Waals surface area contributed by atoms with E-state index in [9.17, 15) is 17.6 Å². The van der Waals surface area contributed by atoms with Gasteiger partial charge >= 0.3 is 5.97 Å². The van der Waals surface area contributed by atoms with Gasteiger partial charge in [0.2, 0.25) is 10.0 Å². The second-order valence-electron chi connectivity index (χ2n) is 12.0. The van der Waals surface area contributed by atoms with E-state index in [1.165, 1.54) is 12.1 Å². The Morgan fingerprint density at radius 2 is 1.72 bits per heavy atom. The molecule has 5 rings (SSSR count). The summed E-state index contributed by atoms with van der Waals surface area (Å²) in [4.78, 5) is 12.7. The lowest BCUT2D eigenvalue weighted by molar-refractivity contribution is -0.146. The number of aromatic nitrogens is 2. The van der Waals surface area contributed by atoms with Gasteiger partial charge < -0.3 is 9.47 Å². The molecule has 8 nitrogen and oxygen atoms in total. The van der Waals surface area contributed by atoms with Crippen LogP contribution in [0.25, 0.3) is 10.9 Å². The van der Waals surface area contributed by atoms with E-state index >= 15 is 0 Å². The summed E-state index contributed by atoms with van der Waals surface area (Å²) in [7, 11) is -3.95. The molecule has 43 heavy (non-hydrogen) atoms. The number of halogens is 1. The minimum atomic E-state index is -3.95. The zero-order valence-corrected chi connectivity index (χ0v) is 26.0. The maximum Gasteiger partial charge on any atom is 0.312 e. The Morgan fingerprint density at radius 3 is 2.37 bits per heavy atom. The van der Waals surface area contributed by atoms with Crippen LogP contribution in [0.15, 0.2) is 77.7 Å². The van der Waals surface area contributed by atoms with E-state index in [2.05, 4.69) is 0 Å². The number of esters is 1. The second-order valence-corrected chi connectivity index (χ2v) is 13.8. The third kappa shape index (κ3) is 6.60. The molecule has 0 aliphatic carbocycles. The summed E-state index contributed by atoms with van der Waals surface area (Å²) in [5.41, 5.74) is 1.15. The van der Waals surface area contributed by atoms with Crippen LogP contribution in [0.2, 0.25) is 0 Å². The van der Waals surface area contributed by atoms with Crippen LogP contribution in [0.5, 0.6) is 5.75 Å². The highest BCUT2D eigenvalue weighted by molar-refractivity contribution is 7.89. The molecular weight excluding hydrogens is 569 g/mol. The number of fused-ring (bicyclic) bond motifs is 1. The predicted molar refractivity (Wildman–Crippen MR) is 163 cm³/mol. The van der Waals surface area contributed by atoms with Crippen molar-refractivity contribution in [1.29, 1.82) is 0 Å². The van der Waals surface area contributed by atoms with Crippen molar-refractivity contribution in [2.24, 2.45) is 0 Å². The Hall–Kier alpha value is -3.76. The molecule has 0 radical (unpaired) electrons. The number of ether oxygens (including phenoxy) is 2. The van der Waals surface area contributed by atoms with Crippen molar-refractivity contribution in [3.05, 3.63) is 89.9 Å². The van der Waals surface area contributed by atoms with Gasteiger partial charge in [0.1, 0.15) is 11.6 Å². The number of carbonyl (C=O) groups excluding carboxylic acids is 1. The van der Waals surface area contributed by atoms with Crippen molar-refractivity contribution in [3.63, 3.8) is 0 Å². The van der Waals surface area contributed by atoms with Gasteiger partial charge in [-0.25, -0.2) is 12.8 Å². The molecule has 2 atom stereocenters. The van der Waals surface area contributed by atoms with E-state index in [1.54, 1.807) is 53.2 Å². The smallest absolute Gasteiger partial charge is 0.312 e. The normalized spacial score (nSPS) is 19.4. The zero-order chi connectivity index (χ0) is 30.9. The van der Waals surface area contributed by atoms with Gasteiger partial charge in [0.05, 0.1) is 40.8 Å². The van der Waals surface area contributed by atoms with E-state index in [0.29, 0.717) is 35.2 Å². The molecule has 0 N–H and O–H groups in total. The Labute approximate surface area is 252 Å². The van der Waals surface area contributed by atoms with Crippen LogP contribution >= 0.6 is 0 Å². The minimum Gasteiger partial charge on any atom is -0.491 e. The second kappa shape index (κ2) is 12.1. The van der Waals surface area contributed by atoms with Crippen LogP contribution in [-0.2, 0) is 32.4 Å². The first-order valence-electron chi connectivity index (χ1n) is 14.6. The molecule has 2 heterocycles. The average Bonchev–Trinajstić information content (AvgIpc) is 3.46. The largest absolute Gasteiger partial charge is 0.491 e. The molecule has 0 saturated carbocycles. The molecule has 0 spiro atoms. The molecule has 1 aliphatic rings. The topological polar surface area (TPSA) is 90.7 Å². The molecule has 1 fully saturated rings. The lowest BCUT2D eigenvalue weighted by Crippen LogP contribution is -2.46. The van der Waals surface area contributed by atoms with Gasteiger partial charge in [0, 0.05) is 17.5 Å². The van der Waals surface area contributed by atoms with E-state index < -0.39 is 33.4 Å². The van der Waals surface area contributed by atoms with Crippen molar-refractivity contribution in [2.75, 3.05) is 6.54 Å². The van der Waals surface area contributed by atoms with Gasteiger partial charge in [-0.15, -0.1) is 0 Å². The van der Waals surface area contributed by atoms with Crippen molar-refractivity contribution >= 4 is 26.9 Å². The molecule has 4 aromatic rings. The first-order chi connectivity index (χ1) is 20.4. The molecule has 1 aliphatic heterocycles. The molecule has 228 valence electrons. The minimum absolute atomic E-state index is 0.0400. The summed E-state index contributed by atoms with van der Waals surface area (Å²) in [6.45, 7) is 9.44. The summed E-state index contributed by atoms with van der Waals surface area (Å²) in [5.74, 6) is -0.280. The third-order valence-electron chi connectivity index (χ3n) is 7.64. The molecule has 0 unspecified atom stereocenters. The maximum absolute atomic E-state index is 14.5. The van der Waals surface area contributed by atoms with Crippen LogP contribution in [0, 0.1) is 5.82 Å². The summed E-state index contributed by atoms with van der Waals surface area (Å²) < 4.78 is 57.4. The standard InChI is InChI=1S/C33H38FN3O5S/c1-22(2)41-27-12-14-28(15-13-27)43(39,40)36-21-26(20-33(36,5)19-24-9-7-6-8-10-24)37-31-17-25(34)11-16-29(31)30(35-37)18-32(38)42-23(3)4/h6-17,22-23,26H,18-21H2,1-5H3/t26-,33+/m1/s1. The van der Waals surface area contributed by atoms with Crippen LogP contribution in [-0.4, -0.2) is 52.8 Å². The van der Waals surface area contributed by atoms with Crippen molar-refractivity contribution in [3.8, 4) is 5.75 Å². The van der Waals surface area contributed by atoms with E-state index in [4.69, 9.17) is 14.6 Å². The number of hydrogen-bond acceptors (Lipinski definition) is 6. The SMILES string of the molecule is CC(C)OC(=O)Cc1nn([C@H]2CN(S(=O)(=O)c3ccc(OC(C)C)cc3)[C@@](C)(Cc3ccccc3)C2)c2cc(F)ccc12. The Kier molecular flexibility index (Phi) is 8.63. The number of hydrogen-bond donors (Lipinski definition) is 0. The number of benzene rings is 3. The fourth-order valence-corrected chi connectivity index (χ4v) is 7.77. The third-order valence-corrected chi connectivity index (χ3v) is 9.67. The Balaban J connectivity index is 1.55. The summed E-state index contributed by atoms with van der Waals surface area (Å²) in [5, 5.41) is 5.41. The summed E-state index contributed by atoms with van der Waals surface area (Å²) in [6, 6.07) is 20.2. The van der Waals surface area contributed by atoms with Crippen LogP contribution in [0.4, 0.5) is 4.39 Å². The number of nitrogens with zero attached hydrogens (tertiary/aromatic N) is 3. The Morgan fingerprint density at radius 1 is 1.02 bits per heavy atom. The van der Waals surface area contributed by atoms with E-state index in [-0.39, 0.29) is 30.1 Å². The van der Waals surface area contributed by atoms with Crippen LogP contribution in [0.1, 0.15) is 58.3 Å². The Bertz CT molecular complexity index is 1700. The average molecular weight is 608 g/mol. The van der Waals surface area contributed by atoms with Gasteiger partial charge in [-0.05, 0) is 95.5 Å². The van der Waals surface area contributed by atoms with Gasteiger partial charge in [-0.1, -0.05) is 30.3 Å². The molecule has 0 bridgehead atoms. The van der Waals surface area contributed by atoms with Crippen molar-refractivity contribution in [2.45, 2.75) is 82.6 Å². The highest BCUT2D eigenvalue weighted by Gasteiger charge is 2.49. The lowest BCUT2D eigenvalue weighted by Gasteiger charge is -2.34. The highest BCUT2D eigenvalue weighted by atomic mass is 32.2. The number of sulfonamides is 1. The van der Waals surface area contributed by atoms with Gasteiger partial charge in [-0.3, -0.25) is 9.48 Å². The summed E-state index contributed by atoms with van der Waals surface area (Å²) in [6.07, 6.45) is 0.505. The van der Waals surface area contributed by atoms with E-state index in [1.807, 2.05) is 51.1 Å². The monoisotopic (exact) mass is 607 g/mol. The zero-order valence-electron chi connectivity index (χ0n) is 25.2. The van der Waals surface area contributed by atoms with Gasteiger partial charge in [0.15, 0.2) is 0 Å². The number of rotatable bonds is 10. The van der Waals surface area contributed by atoms with Crippen LogP contribution in [0.3, 0.4) is 0 Å². The lowest BCUT2D eigenvalue weighted by atomic mass is 9.90. The fourth-order valence-electron chi connectivity index (χ4n) is 5.95.